The summed E-state index contributed by atoms with van der Waals surface area (Å²) in [6.07, 6.45) is 1.48. The van der Waals surface area contributed by atoms with Gasteiger partial charge < -0.3 is 10.2 Å². The van der Waals surface area contributed by atoms with E-state index in [-0.39, 0.29) is 49.2 Å². The lowest BCUT2D eigenvalue weighted by Gasteiger charge is -2.50. The molecule has 6 unspecified atom stereocenters. The van der Waals surface area contributed by atoms with E-state index < -0.39 is 68.8 Å². The average Bonchev–Trinajstić information content (AvgIpc) is 3.36. The van der Waals surface area contributed by atoms with E-state index in [1.54, 1.807) is 42.5 Å². The lowest BCUT2D eigenvalue weighted by atomic mass is 9.56. The number of carboxylic acids is 1. The first kappa shape index (κ1) is 30.4. The fraction of sp³-hybridized carbons (Fsp3) is 0.324. The van der Waals surface area contributed by atoms with Crippen LogP contribution in [0.3, 0.4) is 0 Å². The first-order chi connectivity index (χ1) is 21.9. The van der Waals surface area contributed by atoms with Crippen LogP contribution in [-0.2, 0) is 24.0 Å². The second kappa shape index (κ2) is 10.6. The Hall–Kier alpha value is -4.28. The summed E-state index contributed by atoms with van der Waals surface area (Å²) in [5, 5.41) is 22.0. The number of phenolic OH excluding ortho intramolecular Hbond substituents is 1. The van der Waals surface area contributed by atoms with E-state index in [4.69, 9.17) is 28.3 Å². The highest BCUT2D eigenvalue weighted by molar-refractivity contribution is 6.58. The van der Waals surface area contributed by atoms with Crippen molar-refractivity contribution in [1.82, 2.24) is 4.90 Å². The first-order valence-corrected chi connectivity index (χ1v) is 15.7. The van der Waals surface area contributed by atoms with E-state index in [0.717, 1.165) is 21.9 Å². The highest BCUT2D eigenvalue weighted by Gasteiger charge is 2.76. The maximum Gasteiger partial charge on any atom is 0.303 e. The van der Waals surface area contributed by atoms with Crippen LogP contribution in [0, 0.1) is 23.6 Å². The molecule has 1 saturated carbocycles. The van der Waals surface area contributed by atoms with Crippen molar-refractivity contribution in [2.24, 2.45) is 17.8 Å². The molecule has 236 valence electrons. The number of allylic oxidation sites excluding steroid dienone is 2. The highest BCUT2D eigenvalue weighted by atomic mass is 35.5. The zero-order valence-electron chi connectivity index (χ0n) is 24.2. The van der Waals surface area contributed by atoms with Gasteiger partial charge >= 0.3 is 5.97 Å². The van der Waals surface area contributed by atoms with Crippen LogP contribution in [0.2, 0.25) is 0 Å². The Kier molecular flexibility index (Phi) is 7.02. The standard InChI is InChI=1S/C34H27Cl2FN2O7/c35-33-16-24-21(13-14-22-26(24)30(44)38(29(22)43)15-3-6-25(40)41)27(23-12-7-17-4-1-2-5-20(17)28(23)42)34(33,36)32(46)39(31(33)45)19-10-8-18(37)9-11-19/h1-2,4-5,7-13,22,24,26-27,42H,3,6,14-16H2,(H,40,41). The van der Waals surface area contributed by atoms with Gasteiger partial charge in [0.15, 0.2) is 9.75 Å². The SMILES string of the molecule is O=C(O)CCCN1C(=O)C2CC=C3C(CC4(Cl)C(=O)N(c5ccc(F)cc5)C(=O)C4(Cl)C3c3ccc4ccccc4c3O)C2C1=O. The van der Waals surface area contributed by atoms with Gasteiger partial charge in [0.25, 0.3) is 11.8 Å². The summed E-state index contributed by atoms with van der Waals surface area (Å²) in [7, 11) is 0. The van der Waals surface area contributed by atoms with Crippen LogP contribution in [0.15, 0.2) is 72.3 Å². The Morgan fingerprint density at radius 2 is 1.65 bits per heavy atom. The number of benzene rings is 3. The lowest BCUT2D eigenvalue weighted by molar-refractivity contribution is -0.142. The number of phenols is 1. The summed E-state index contributed by atoms with van der Waals surface area (Å²) < 4.78 is 13.8. The summed E-state index contributed by atoms with van der Waals surface area (Å²) >= 11 is 14.7. The van der Waals surface area contributed by atoms with Gasteiger partial charge in [0.1, 0.15) is 11.6 Å². The number of alkyl halides is 2. The molecule has 0 aromatic heterocycles. The molecule has 2 aliphatic carbocycles. The van der Waals surface area contributed by atoms with Gasteiger partial charge in [-0.25, -0.2) is 9.29 Å². The van der Waals surface area contributed by atoms with Crippen LogP contribution in [0.1, 0.15) is 37.2 Å². The quantitative estimate of drug-likeness (QED) is 0.213. The molecule has 9 nitrogen and oxygen atoms in total. The molecule has 0 spiro atoms. The number of fused-ring (bicyclic) bond motifs is 5. The predicted molar refractivity (Wildman–Crippen MR) is 166 cm³/mol. The Morgan fingerprint density at radius 1 is 0.935 bits per heavy atom. The van der Waals surface area contributed by atoms with Crippen molar-refractivity contribution in [1.29, 1.82) is 0 Å². The van der Waals surface area contributed by atoms with E-state index in [2.05, 4.69) is 0 Å². The average molecular weight is 666 g/mol. The van der Waals surface area contributed by atoms with Gasteiger partial charge in [0.05, 0.1) is 17.5 Å². The normalized spacial score (nSPS) is 30.4. The number of likely N-dealkylation sites (tertiary alicyclic amines) is 1. The van der Waals surface area contributed by atoms with Gasteiger partial charge in [0.2, 0.25) is 11.8 Å². The zero-order chi connectivity index (χ0) is 32.7. The molecule has 4 amide bonds. The number of carbonyl (C=O) groups excluding carboxylic acids is 4. The fourth-order valence-corrected chi connectivity index (χ4v) is 8.85. The summed E-state index contributed by atoms with van der Waals surface area (Å²) in [6.45, 7) is -0.0743. The third kappa shape index (κ3) is 4.09. The van der Waals surface area contributed by atoms with Gasteiger partial charge in [-0.15, -0.1) is 23.2 Å². The van der Waals surface area contributed by atoms with Crippen LogP contribution in [0.4, 0.5) is 10.1 Å². The second-order valence-corrected chi connectivity index (χ2v) is 13.5. The second-order valence-electron chi connectivity index (χ2n) is 12.3. The minimum atomic E-state index is -2.18. The number of aromatic hydroxyl groups is 1. The van der Waals surface area contributed by atoms with Crippen LogP contribution < -0.4 is 4.90 Å². The summed E-state index contributed by atoms with van der Waals surface area (Å²) in [6, 6.07) is 15.2. The van der Waals surface area contributed by atoms with E-state index >= 15 is 0 Å². The highest BCUT2D eigenvalue weighted by Crippen LogP contribution is 2.66. The van der Waals surface area contributed by atoms with Crippen molar-refractivity contribution < 1.29 is 38.6 Å². The molecule has 0 radical (unpaired) electrons. The van der Waals surface area contributed by atoms with Crippen molar-refractivity contribution in [2.75, 3.05) is 11.4 Å². The van der Waals surface area contributed by atoms with Crippen molar-refractivity contribution >= 4 is 69.3 Å². The fourth-order valence-electron chi connectivity index (χ4n) is 7.92. The number of hydrogen-bond donors (Lipinski definition) is 2. The molecule has 3 aromatic rings. The van der Waals surface area contributed by atoms with Crippen LogP contribution in [-0.4, -0.2) is 61.0 Å². The monoisotopic (exact) mass is 664 g/mol. The molecule has 0 bridgehead atoms. The summed E-state index contributed by atoms with van der Waals surface area (Å²) in [5.41, 5.74) is 0.790. The molecule has 7 rings (SSSR count). The Bertz CT molecular complexity index is 1900. The van der Waals surface area contributed by atoms with Crippen molar-refractivity contribution in [3.63, 3.8) is 0 Å². The Labute approximate surface area is 272 Å². The van der Waals surface area contributed by atoms with Crippen LogP contribution in [0.5, 0.6) is 5.75 Å². The van der Waals surface area contributed by atoms with E-state index in [1.165, 1.54) is 12.1 Å². The summed E-state index contributed by atoms with van der Waals surface area (Å²) in [5.74, 6) is -8.19. The number of halogens is 3. The molecule has 3 aromatic carbocycles. The van der Waals surface area contributed by atoms with Crippen molar-refractivity contribution in [3.05, 3.63) is 83.7 Å². The number of amides is 4. The Morgan fingerprint density at radius 3 is 2.37 bits per heavy atom. The van der Waals surface area contributed by atoms with E-state index in [0.29, 0.717) is 16.3 Å². The number of carboxylic acid groups (broad SMARTS) is 1. The molecule has 4 aliphatic rings. The number of carbonyl (C=O) groups is 5. The third-order valence-corrected chi connectivity index (χ3v) is 11.4. The van der Waals surface area contributed by atoms with Gasteiger partial charge in [-0.05, 0) is 54.8 Å². The van der Waals surface area contributed by atoms with E-state index in [1.807, 2.05) is 0 Å². The number of aliphatic carboxylic acids is 1. The third-order valence-electron chi connectivity index (χ3n) is 10.0. The number of anilines is 1. The Balaban J connectivity index is 1.40. The maximum atomic E-state index is 14.5. The number of imide groups is 2. The summed E-state index contributed by atoms with van der Waals surface area (Å²) in [4.78, 5) is 64.9. The largest absolute Gasteiger partial charge is 0.507 e. The van der Waals surface area contributed by atoms with Gasteiger partial charge in [-0.2, -0.15) is 0 Å². The molecule has 12 heteroatoms. The van der Waals surface area contributed by atoms with Crippen molar-refractivity contribution in [3.8, 4) is 5.75 Å². The molecule has 2 saturated heterocycles. The van der Waals surface area contributed by atoms with Gasteiger partial charge in [0, 0.05) is 29.8 Å². The lowest BCUT2D eigenvalue weighted by Crippen LogP contribution is -2.60. The van der Waals surface area contributed by atoms with E-state index in [9.17, 15) is 33.5 Å². The molecular weight excluding hydrogens is 638 g/mol. The molecule has 2 heterocycles. The van der Waals surface area contributed by atoms with Crippen LogP contribution in [0.25, 0.3) is 10.8 Å². The first-order valence-electron chi connectivity index (χ1n) is 14.9. The maximum absolute atomic E-state index is 14.5. The molecule has 2 N–H and O–H groups in total. The van der Waals surface area contributed by atoms with Crippen LogP contribution >= 0.6 is 23.2 Å². The number of rotatable bonds is 6. The molecule has 6 atom stereocenters. The molecular formula is C34H27Cl2FN2O7. The number of hydrogen-bond acceptors (Lipinski definition) is 6. The predicted octanol–water partition coefficient (Wildman–Crippen LogP) is 5.11. The molecule has 3 fully saturated rings. The minimum absolute atomic E-state index is 0.0545. The number of nitrogens with zero attached hydrogens (tertiary/aromatic N) is 2. The van der Waals surface area contributed by atoms with Gasteiger partial charge in [-0.3, -0.25) is 28.9 Å². The molecule has 2 aliphatic heterocycles. The zero-order valence-corrected chi connectivity index (χ0v) is 25.7. The smallest absolute Gasteiger partial charge is 0.303 e. The van der Waals surface area contributed by atoms with Gasteiger partial charge in [-0.1, -0.05) is 48.0 Å². The topological polar surface area (TPSA) is 132 Å². The van der Waals surface area contributed by atoms with Crippen molar-refractivity contribution in [2.45, 2.75) is 41.3 Å². The molecule has 46 heavy (non-hydrogen) atoms. The minimum Gasteiger partial charge on any atom is -0.507 e.